The fourth-order valence-corrected chi connectivity index (χ4v) is 3.39. The molecule has 0 radical (unpaired) electrons. The highest BCUT2D eigenvalue weighted by Gasteiger charge is 2.25. The van der Waals surface area contributed by atoms with Crippen LogP contribution < -0.4 is 10.2 Å². The maximum absolute atomic E-state index is 12.5. The Morgan fingerprint density at radius 3 is 2.96 bits per heavy atom. The number of methoxy groups -OCH3 is 1. The highest BCUT2D eigenvalue weighted by Crippen LogP contribution is 2.31. The fraction of sp³-hybridized carbons (Fsp3) is 0.278. The minimum Gasteiger partial charge on any atom is -0.375 e. The van der Waals surface area contributed by atoms with Gasteiger partial charge in [0, 0.05) is 31.2 Å². The zero-order valence-corrected chi connectivity index (χ0v) is 14.9. The van der Waals surface area contributed by atoms with Gasteiger partial charge in [0.2, 0.25) is 0 Å². The summed E-state index contributed by atoms with van der Waals surface area (Å²) in [5, 5.41) is 3.57. The molecule has 2 aromatic rings. The maximum atomic E-state index is 12.5. The van der Waals surface area contributed by atoms with Crippen LogP contribution in [0.4, 0.5) is 11.4 Å². The number of benzene rings is 1. The van der Waals surface area contributed by atoms with E-state index in [0.29, 0.717) is 22.8 Å². The first kappa shape index (κ1) is 17.4. The van der Waals surface area contributed by atoms with Gasteiger partial charge < -0.3 is 15.0 Å². The highest BCUT2D eigenvalue weighted by molar-refractivity contribution is 7.98. The second-order valence-electron chi connectivity index (χ2n) is 5.59. The van der Waals surface area contributed by atoms with Gasteiger partial charge in [-0.3, -0.25) is 9.59 Å². The van der Waals surface area contributed by atoms with Crippen LogP contribution in [0.1, 0.15) is 15.9 Å². The van der Waals surface area contributed by atoms with E-state index in [0.717, 1.165) is 17.7 Å². The molecule has 0 saturated carbocycles. The van der Waals surface area contributed by atoms with Crippen LogP contribution in [0.15, 0.2) is 41.6 Å². The standard InChI is InChI=1S/C18H19N3O3S/c1-24-11-16(22)21-9-7-12-5-6-13(10-15(12)21)20-17(23)14-4-3-8-19-18(14)25-2/h3-6,8,10H,7,9,11H2,1-2H3,(H,20,23). The van der Waals surface area contributed by atoms with Gasteiger partial charge in [-0.25, -0.2) is 4.98 Å². The minimum absolute atomic E-state index is 0.0444. The second-order valence-corrected chi connectivity index (χ2v) is 6.38. The molecule has 1 aliphatic heterocycles. The molecular formula is C18H19N3O3S. The Morgan fingerprint density at radius 2 is 2.20 bits per heavy atom. The van der Waals surface area contributed by atoms with Crippen LogP contribution in [0.25, 0.3) is 0 Å². The van der Waals surface area contributed by atoms with Gasteiger partial charge in [0.1, 0.15) is 11.6 Å². The number of carbonyl (C=O) groups excluding carboxylic acids is 2. The van der Waals surface area contributed by atoms with Crippen molar-refractivity contribution in [3.8, 4) is 0 Å². The van der Waals surface area contributed by atoms with E-state index in [9.17, 15) is 9.59 Å². The zero-order valence-electron chi connectivity index (χ0n) is 14.1. The van der Waals surface area contributed by atoms with Gasteiger partial charge >= 0.3 is 0 Å². The lowest BCUT2D eigenvalue weighted by Crippen LogP contribution is -2.32. The van der Waals surface area contributed by atoms with Gasteiger partial charge in [-0.1, -0.05) is 6.07 Å². The molecule has 0 unspecified atom stereocenters. The van der Waals surface area contributed by atoms with E-state index < -0.39 is 0 Å². The molecule has 1 aromatic heterocycles. The van der Waals surface area contributed by atoms with Crippen molar-refractivity contribution in [1.82, 2.24) is 4.98 Å². The number of thioether (sulfide) groups is 1. The van der Waals surface area contributed by atoms with Crippen molar-refractivity contribution >= 4 is 35.0 Å². The van der Waals surface area contributed by atoms with Crippen molar-refractivity contribution < 1.29 is 14.3 Å². The largest absolute Gasteiger partial charge is 0.375 e. The molecule has 0 atom stereocenters. The summed E-state index contributed by atoms with van der Waals surface area (Å²) in [4.78, 5) is 30.6. The van der Waals surface area contributed by atoms with Gasteiger partial charge in [0.05, 0.1) is 5.56 Å². The Hall–Kier alpha value is -2.38. The first-order valence-corrected chi connectivity index (χ1v) is 9.09. The fourth-order valence-electron chi connectivity index (χ4n) is 2.84. The van der Waals surface area contributed by atoms with E-state index in [-0.39, 0.29) is 18.4 Å². The van der Waals surface area contributed by atoms with Gasteiger partial charge in [-0.15, -0.1) is 11.8 Å². The Kier molecular flexibility index (Phi) is 5.35. The molecule has 25 heavy (non-hydrogen) atoms. The van der Waals surface area contributed by atoms with E-state index in [2.05, 4.69) is 10.3 Å². The molecule has 2 heterocycles. The summed E-state index contributed by atoms with van der Waals surface area (Å²) in [5.74, 6) is -0.299. The number of nitrogens with zero attached hydrogens (tertiary/aromatic N) is 2. The summed E-state index contributed by atoms with van der Waals surface area (Å²) < 4.78 is 4.94. The normalized spacial score (nSPS) is 12.8. The molecule has 130 valence electrons. The van der Waals surface area contributed by atoms with Crippen molar-refractivity contribution in [2.75, 3.05) is 36.7 Å². The summed E-state index contributed by atoms with van der Waals surface area (Å²) in [7, 11) is 1.50. The van der Waals surface area contributed by atoms with E-state index in [1.807, 2.05) is 24.5 Å². The summed E-state index contributed by atoms with van der Waals surface area (Å²) >= 11 is 1.43. The zero-order chi connectivity index (χ0) is 17.8. The van der Waals surface area contributed by atoms with Crippen LogP contribution in [0.2, 0.25) is 0 Å². The molecule has 0 saturated heterocycles. The lowest BCUT2D eigenvalue weighted by Gasteiger charge is -2.17. The average Bonchev–Trinajstić information content (AvgIpc) is 3.05. The number of fused-ring (bicyclic) bond motifs is 1. The number of rotatable bonds is 5. The lowest BCUT2D eigenvalue weighted by molar-refractivity contribution is -0.122. The number of ether oxygens (including phenoxy) is 1. The minimum atomic E-state index is -0.217. The average molecular weight is 357 g/mol. The predicted molar refractivity (Wildman–Crippen MR) is 98.3 cm³/mol. The number of amides is 2. The smallest absolute Gasteiger partial charge is 0.258 e. The topological polar surface area (TPSA) is 71.5 Å². The third kappa shape index (κ3) is 3.67. The van der Waals surface area contributed by atoms with Crippen molar-refractivity contribution in [2.24, 2.45) is 0 Å². The summed E-state index contributed by atoms with van der Waals surface area (Å²) in [5.41, 5.74) is 3.10. The van der Waals surface area contributed by atoms with Crippen LogP contribution in [0.3, 0.4) is 0 Å². The summed E-state index contributed by atoms with van der Waals surface area (Å²) in [6.07, 6.45) is 4.35. The van der Waals surface area contributed by atoms with Gasteiger partial charge in [-0.05, 0) is 42.5 Å². The number of anilines is 2. The van der Waals surface area contributed by atoms with E-state index in [1.54, 1.807) is 23.2 Å². The molecule has 0 aliphatic carbocycles. The van der Waals surface area contributed by atoms with Crippen LogP contribution >= 0.6 is 11.8 Å². The summed E-state index contributed by atoms with van der Waals surface area (Å²) in [6.45, 7) is 0.678. The Balaban J connectivity index is 1.82. The molecule has 1 N–H and O–H groups in total. The highest BCUT2D eigenvalue weighted by atomic mass is 32.2. The maximum Gasteiger partial charge on any atom is 0.258 e. The van der Waals surface area contributed by atoms with E-state index >= 15 is 0 Å². The monoisotopic (exact) mass is 357 g/mol. The Morgan fingerprint density at radius 1 is 1.36 bits per heavy atom. The number of carbonyl (C=O) groups is 2. The predicted octanol–water partition coefficient (Wildman–Crippen LogP) is 2.59. The van der Waals surface area contributed by atoms with Crippen molar-refractivity contribution in [2.45, 2.75) is 11.4 Å². The lowest BCUT2D eigenvalue weighted by atomic mass is 10.1. The van der Waals surface area contributed by atoms with Crippen molar-refractivity contribution in [3.63, 3.8) is 0 Å². The molecule has 1 aromatic carbocycles. The molecule has 6 nitrogen and oxygen atoms in total. The van der Waals surface area contributed by atoms with Gasteiger partial charge in [0.25, 0.3) is 11.8 Å². The van der Waals surface area contributed by atoms with Gasteiger partial charge in [-0.2, -0.15) is 0 Å². The Bertz CT molecular complexity index is 810. The third-order valence-electron chi connectivity index (χ3n) is 4.02. The molecule has 7 heteroatoms. The van der Waals surface area contributed by atoms with Crippen molar-refractivity contribution in [3.05, 3.63) is 47.7 Å². The number of pyridine rings is 1. The first-order valence-electron chi connectivity index (χ1n) is 7.86. The molecule has 0 fully saturated rings. The van der Waals surface area contributed by atoms with Crippen LogP contribution in [-0.4, -0.2) is 43.3 Å². The molecular weight excluding hydrogens is 338 g/mol. The van der Waals surface area contributed by atoms with Crippen molar-refractivity contribution in [1.29, 1.82) is 0 Å². The summed E-state index contributed by atoms with van der Waals surface area (Å²) in [6, 6.07) is 9.13. The quantitative estimate of drug-likeness (QED) is 0.833. The van der Waals surface area contributed by atoms with Crippen LogP contribution in [0, 0.1) is 0 Å². The van der Waals surface area contributed by atoms with Gasteiger partial charge in [0.15, 0.2) is 0 Å². The molecule has 1 aliphatic rings. The molecule has 0 spiro atoms. The number of aromatic nitrogens is 1. The SMILES string of the molecule is COCC(=O)N1CCc2ccc(NC(=O)c3cccnc3SC)cc21. The molecule has 0 bridgehead atoms. The number of hydrogen-bond acceptors (Lipinski definition) is 5. The van der Waals surface area contributed by atoms with E-state index in [4.69, 9.17) is 4.74 Å². The Labute approximate surface area is 150 Å². The van der Waals surface area contributed by atoms with Crippen LogP contribution in [0.5, 0.6) is 0 Å². The number of hydrogen-bond donors (Lipinski definition) is 1. The van der Waals surface area contributed by atoms with E-state index in [1.165, 1.54) is 18.9 Å². The molecule has 3 rings (SSSR count). The first-order chi connectivity index (χ1) is 12.1. The number of nitrogens with one attached hydrogen (secondary N) is 1. The second kappa shape index (κ2) is 7.67. The molecule has 2 amide bonds. The third-order valence-corrected chi connectivity index (χ3v) is 4.73. The van der Waals surface area contributed by atoms with Crippen LogP contribution in [-0.2, 0) is 16.0 Å².